The quantitative estimate of drug-likeness (QED) is 0.511. The Balaban J connectivity index is 1.77. The summed E-state index contributed by atoms with van der Waals surface area (Å²) in [6.07, 6.45) is 0. The van der Waals surface area contributed by atoms with E-state index in [-0.39, 0.29) is 0 Å². The SMILES string of the molecule is Cc1ccccc1Cn1nc(C)c(NC(=S)Nc2cccc(Cl)c2Cl)c1C. The van der Waals surface area contributed by atoms with Crippen LogP contribution in [0.25, 0.3) is 0 Å². The highest BCUT2D eigenvalue weighted by Gasteiger charge is 2.14. The molecule has 1 aromatic heterocycles. The van der Waals surface area contributed by atoms with Gasteiger partial charge in [0.15, 0.2) is 5.11 Å². The Labute approximate surface area is 174 Å². The molecule has 2 aromatic carbocycles. The van der Waals surface area contributed by atoms with Crippen LogP contribution in [0, 0.1) is 20.8 Å². The summed E-state index contributed by atoms with van der Waals surface area (Å²) < 4.78 is 1.98. The van der Waals surface area contributed by atoms with Crippen LogP contribution >= 0.6 is 35.4 Å². The van der Waals surface area contributed by atoms with E-state index < -0.39 is 0 Å². The molecule has 0 fully saturated rings. The van der Waals surface area contributed by atoms with Crippen molar-refractivity contribution in [2.45, 2.75) is 27.3 Å². The molecule has 0 atom stereocenters. The fourth-order valence-corrected chi connectivity index (χ4v) is 3.41. The summed E-state index contributed by atoms with van der Waals surface area (Å²) in [4.78, 5) is 0. The van der Waals surface area contributed by atoms with Crippen molar-refractivity contribution in [2.24, 2.45) is 0 Å². The van der Waals surface area contributed by atoms with Crippen molar-refractivity contribution >= 4 is 51.9 Å². The van der Waals surface area contributed by atoms with Crippen molar-refractivity contribution < 1.29 is 0 Å². The Hall–Kier alpha value is -2.08. The molecule has 3 aromatic rings. The first kappa shape index (κ1) is 19.7. The van der Waals surface area contributed by atoms with Gasteiger partial charge in [-0.3, -0.25) is 4.68 Å². The molecule has 140 valence electrons. The number of halogens is 2. The first-order valence-corrected chi connectivity index (χ1v) is 9.63. The topological polar surface area (TPSA) is 41.9 Å². The summed E-state index contributed by atoms with van der Waals surface area (Å²) in [5, 5.41) is 12.3. The molecular weight excluding hydrogens is 399 g/mol. The molecule has 1 heterocycles. The second kappa shape index (κ2) is 8.30. The summed E-state index contributed by atoms with van der Waals surface area (Å²) in [6.45, 7) is 6.80. The van der Waals surface area contributed by atoms with Gasteiger partial charge in [0.2, 0.25) is 0 Å². The Kier molecular flexibility index (Phi) is 6.05. The molecule has 2 N–H and O–H groups in total. The van der Waals surface area contributed by atoms with Crippen LogP contribution in [0.5, 0.6) is 0 Å². The molecule has 0 amide bonds. The number of aryl methyl sites for hydroxylation is 2. The monoisotopic (exact) mass is 418 g/mol. The highest BCUT2D eigenvalue weighted by atomic mass is 35.5. The van der Waals surface area contributed by atoms with Crippen molar-refractivity contribution in [3.8, 4) is 0 Å². The smallest absolute Gasteiger partial charge is 0.175 e. The zero-order chi connectivity index (χ0) is 19.6. The van der Waals surface area contributed by atoms with E-state index in [0.717, 1.165) is 17.1 Å². The molecule has 3 rings (SSSR count). The van der Waals surface area contributed by atoms with Gasteiger partial charge in [0.1, 0.15) is 0 Å². The largest absolute Gasteiger partial charge is 0.331 e. The summed E-state index contributed by atoms with van der Waals surface area (Å²) >= 11 is 17.7. The van der Waals surface area contributed by atoms with Crippen LogP contribution < -0.4 is 10.6 Å². The summed E-state index contributed by atoms with van der Waals surface area (Å²) in [7, 11) is 0. The number of rotatable bonds is 4. The van der Waals surface area contributed by atoms with Crippen molar-refractivity contribution in [1.82, 2.24) is 9.78 Å². The van der Waals surface area contributed by atoms with Crippen molar-refractivity contribution in [2.75, 3.05) is 10.6 Å². The molecule has 0 saturated heterocycles. The van der Waals surface area contributed by atoms with Gasteiger partial charge in [0.25, 0.3) is 0 Å². The molecule has 0 spiro atoms. The second-order valence-electron chi connectivity index (χ2n) is 6.31. The molecule has 0 aliphatic heterocycles. The van der Waals surface area contributed by atoms with Crippen LogP contribution in [-0.4, -0.2) is 14.9 Å². The van der Waals surface area contributed by atoms with Gasteiger partial charge in [-0.2, -0.15) is 5.10 Å². The molecule has 0 saturated carbocycles. The van der Waals surface area contributed by atoms with Gasteiger partial charge in [0, 0.05) is 0 Å². The van der Waals surface area contributed by atoms with Crippen LogP contribution in [0.1, 0.15) is 22.5 Å². The lowest BCUT2D eigenvalue weighted by Gasteiger charge is -2.13. The third-order valence-corrected chi connectivity index (χ3v) is 5.42. The van der Waals surface area contributed by atoms with Gasteiger partial charge in [-0.15, -0.1) is 0 Å². The van der Waals surface area contributed by atoms with Gasteiger partial charge in [-0.1, -0.05) is 53.5 Å². The summed E-state index contributed by atoms with van der Waals surface area (Å²) in [6, 6.07) is 13.7. The van der Waals surface area contributed by atoms with Crippen molar-refractivity contribution in [1.29, 1.82) is 0 Å². The number of nitrogens with zero attached hydrogens (tertiary/aromatic N) is 2. The van der Waals surface area contributed by atoms with E-state index in [0.29, 0.717) is 27.4 Å². The van der Waals surface area contributed by atoms with E-state index in [1.165, 1.54) is 11.1 Å². The minimum atomic E-state index is 0.431. The normalized spacial score (nSPS) is 10.7. The number of hydrogen-bond donors (Lipinski definition) is 2. The lowest BCUT2D eigenvalue weighted by Crippen LogP contribution is -2.20. The highest BCUT2D eigenvalue weighted by molar-refractivity contribution is 7.80. The number of thiocarbonyl (C=S) groups is 1. The van der Waals surface area contributed by atoms with Crippen LogP contribution in [0.3, 0.4) is 0 Å². The summed E-state index contributed by atoms with van der Waals surface area (Å²) in [5.41, 5.74) is 5.91. The first-order chi connectivity index (χ1) is 12.9. The number of nitrogens with one attached hydrogen (secondary N) is 2. The zero-order valence-corrected chi connectivity index (χ0v) is 17.6. The van der Waals surface area contributed by atoms with Crippen molar-refractivity contribution in [3.63, 3.8) is 0 Å². The molecular formula is C20H20Cl2N4S. The number of hydrogen-bond acceptors (Lipinski definition) is 2. The number of benzene rings is 2. The number of aromatic nitrogens is 2. The molecule has 27 heavy (non-hydrogen) atoms. The minimum absolute atomic E-state index is 0.431. The van der Waals surface area contributed by atoms with E-state index >= 15 is 0 Å². The second-order valence-corrected chi connectivity index (χ2v) is 7.50. The fraction of sp³-hybridized carbons (Fsp3) is 0.200. The van der Waals surface area contributed by atoms with E-state index in [4.69, 9.17) is 35.4 Å². The Morgan fingerprint density at radius 2 is 1.78 bits per heavy atom. The number of anilines is 2. The van der Waals surface area contributed by atoms with Crippen LogP contribution in [0.15, 0.2) is 42.5 Å². The maximum Gasteiger partial charge on any atom is 0.175 e. The minimum Gasteiger partial charge on any atom is -0.331 e. The van der Waals surface area contributed by atoms with E-state index in [2.05, 4.69) is 34.8 Å². The Morgan fingerprint density at radius 1 is 1.04 bits per heavy atom. The van der Waals surface area contributed by atoms with Gasteiger partial charge >= 0.3 is 0 Å². The molecule has 4 nitrogen and oxygen atoms in total. The highest BCUT2D eigenvalue weighted by Crippen LogP contribution is 2.30. The van der Waals surface area contributed by atoms with Gasteiger partial charge in [-0.05, 0) is 56.2 Å². The molecule has 0 radical (unpaired) electrons. The van der Waals surface area contributed by atoms with Gasteiger partial charge < -0.3 is 10.6 Å². The average molecular weight is 419 g/mol. The maximum absolute atomic E-state index is 6.21. The third-order valence-electron chi connectivity index (χ3n) is 4.40. The lowest BCUT2D eigenvalue weighted by molar-refractivity contribution is 0.657. The molecule has 0 unspecified atom stereocenters. The van der Waals surface area contributed by atoms with Gasteiger partial charge in [0.05, 0.1) is 39.4 Å². The van der Waals surface area contributed by atoms with E-state index in [1.54, 1.807) is 6.07 Å². The van der Waals surface area contributed by atoms with Crippen LogP contribution in [0.4, 0.5) is 11.4 Å². The van der Waals surface area contributed by atoms with Crippen LogP contribution in [0.2, 0.25) is 10.0 Å². The predicted molar refractivity (Wildman–Crippen MR) is 118 cm³/mol. The van der Waals surface area contributed by atoms with Gasteiger partial charge in [-0.25, -0.2) is 0 Å². The lowest BCUT2D eigenvalue weighted by atomic mass is 10.1. The van der Waals surface area contributed by atoms with E-state index in [1.807, 2.05) is 42.8 Å². The van der Waals surface area contributed by atoms with E-state index in [9.17, 15) is 0 Å². The third kappa shape index (κ3) is 4.43. The molecule has 7 heteroatoms. The van der Waals surface area contributed by atoms with Crippen LogP contribution in [-0.2, 0) is 6.54 Å². The summed E-state index contributed by atoms with van der Waals surface area (Å²) in [5.74, 6) is 0. The predicted octanol–water partition coefficient (Wildman–Crippen LogP) is 5.97. The first-order valence-electron chi connectivity index (χ1n) is 8.47. The molecule has 0 aliphatic carbocycles. The maximum atomic E-state index is 6.21. The molecule has 0 aliphatic rings. The Morgan fingerprint density at radius 3 is 2.52 bits per heavy atom. The Bertz CT molecular complexity index is 998. The average Bonchev–Trinajstić information content (AvgIpc) is 2.88. The molecule has 0 bridgehead atoms. The standard InChI is InChI=1S/C20H20Cl2N4S/c1-12-7-4-5-8-15(12)11-26-14(3)19(13(2)25-26)24-20(27)23-17-10-6-9-16(21)18(17)22/h4-10H,11H2,1-3H3,(H2,23,24,27). The van der Waals surface area contributed by atoms with Crippen molar-refractivity contribution in [3.05, 3.63) is 75.0 Å². The zero-order valence-electron chi connectivity index (χ0n) is 15.3. The fourth-order valence-electron chi connectivity index (χ4n) is 2.85.